The fourth-order valence-electron chi connectivity index (χ4n) is 2.66. The predicted molar refractivity (Wildman–Crippen MR) is 90.7 cm³/mol. The molecule has 0 aliphatic carbocycles. The Kier molecular flexibility index (Phi) is 4.55. The number of rotatable bonds is 5. The van der Waals surface area contributed by atoms with Gasteiger partial charge in [0.2, 0.25) is 10.0 Å². The van der Waals surface area contributed by atoms with Crippen molar-refractivity contribution in [1.29, 1.82) is 0 Å². The molecule has 1 heterocycles. The van der Waals surface area contributed by atoms with Gasteiger partial charge in [0.25, 0.3) is 5.91 Å². The summed E-state index contributed by atoms with van der Waals surface area (Å²) in [6.45, 7) is 0.468. The molecule has 1 aliphatic heterocycles. The minimum atomic E-state index is -3.48. The maximum absolute atomic E-state index is 12.4. The standard InChI is InChI=1S/C17H18N2O4S/c1-18-24(21,22)15-7-8-16-13(11-15)9-10-19(16)17(20)12-23-14-5-3-2-4-6-14/h2-8,11,18H,9-10,12H2,1H3. The summed E-state index contributed by atoms with van der Waals surface area (Å²) >= 11 is 0. The highest BCUT2D eigenvalue weighted by molar-refractivity contribution is 7.89. The molecule has 0 atom stereocenters. The SMILES string of the molecule is CNS(=O)(=O)c1ccc2c(c1)CCN2C(=O)COc1ccccc1. The van der Waals surface area contributed by atoms with Crippen LogP contribution in [0.4, 0.5) is 5.69 Å². The average Bonchev–Trinajstić information content (AvgIpc) is 3.04. The van der Waals surface area contributed by atoms with Crippen molar-refractivity contribution >= 4 is 21.6 Å². The van der Waals surface area contributed by atoms with Gasteiger partial charge < -0.3 is 9.64 Å². The molecule has 0 radical (unpaired) electrons. The Labute approximate surface area is 141 Å². The van der Waals surface area contributed by atoms with Gasteiger partial charge in [0.1, 0.15) is 5.75 Å². The van der Waals surface area contributed by atoms with E-state index < -0.39 is 10.0 Å². The van der Waals surface area contributed by atoms with Crippen LogP contribution in [0.5, 0.6) is 5.75 Å². The number of anilines is 1. The summed E-state index contributed by atoms with van der Waals surface area (Å²) in [7, 11) is -2.11. The van der Waals surface area contributed by atoms with Crippen molar-refractivity contribution in [2.45, 2.75) is 11.3 Å². The molecule has 1 amide bonds. The fraction of sp³-hybridized carbons (Fsp3) is 0.235. The van der Waals surface area contributed by atoms with Crippen LogP contribution in [0.15, 0.2) is 53.4 Å². The first-order valence-electron chi connectivity index (χ1n) is 7.56. The van der Waals surface area contributed by atoms with E-state index in [9.17, 15) is 13.2 Å². The van der Waals surface area contributed by atoms with Gasteiger partial charge in [0.05, 0.1) is 4.90 Å². The van der Waals surface area contributed by atoms with Gasteiger partial charge in [-0.15, -0.1) is 0 Å². The number of fused-ring (bicyclic) bond motifs is 1. The van der Waals surface area contributed by atoms with Gasteiger partial charge >= 0.3 is 0 Å². The zero-order valence-electron chi connectivity index (χ0n) is 13.2. The summed E-state index contributed by atoms with van der Waals surface area (Å²) in [6.07, 6.45) is 0.624. The molecule has 0 fully saturated rings. The minimum absolute atomic E-state index is 0.0555. The van der Waals surface area contributed by atoms with Gasteiger partial charge in [0, 0.05) is 12.2 Å². The molecule has 0 aromatic heterocycles. The van der Waals surface area contributed by atoms with Crippen molar-refractivity contribution in [1.82, 2.24) is 4.72 Å². The van der Waals surface area contributed by atoms with Crippen molar-refractivity contribution in [3.05, 3.63) is 54.1 Å². The molecule has 2 aromatic carbocycles. The lowest BCUT2D eigenvalue weighted by Crippen LogP contribution is -2.33. The van der Waals surface area contributed by atoms with E-state index in [1.54, 1.807) is 29.2 Å². The first kappa shape index (κ1) is 16.5. The summed E-state index contributed by atoms with van der Waals surface area (Å²) in [5.74, 6) is 0.488. The highest BCUT2D eigenvalue weighted by atomic mass is 32.2. The zero-order chi connectivity index (χ0) is 17.2. The molecule has 0 unspecified atom stereocenters. The molecule has 126 valence electrons. The van der Waals surface area contributed by atoms with Crippen LogP contribution >= 0.6 is 0 Å². The molecule has 0 saturated heterocycles. The second-order valence-electron chi connectivity index (χ2n) is 5.40. The van der Waals surface area contributed by atoms with E-state index in [1.807, 2.05) is 18.2 Å². The highest BCUT2D eigenvalue weighted by Crippen LogP contribution is 2.30. The van der Waals surface area contributed by atoms with Crippen LogP contribution in [0.1, 0.15) is 5.56 Å². The maximum Gasteiger partial charge on any atom is 0.264 e. The fourth-order valence-corrected chi connectivity index (χ4v) is 3.44. The minimum Gasteiger partial charge on any atom is -0.484 e. The van der Waals surface area contributed by atoms with E-state index in [1.165, 1.54) is 13.1 Å². The average molecular weight is 346 g/mol. The lowest BCUT2D eigenvalue weighted by molar-refractivity contribution is -0.120. The molecular formula is C17H18N2O4S. The summed E-state index contributed by atoms with van der Waals surface area (Å²) in [5, 5.41) is 0. The molecule has 7 heteroatoms. The van der Waals surface area contributed by atoms with Gasteiger partial charge in [-0.25, -0.2) is 13.1 Å². The van der Waals surface area contributed by atoms with Gasteiger partial charge in [0.15, 0.2) is 6.61 Å². The predicted octanol–water partition coefficient (Wildman–Crippen LogP) is 1.56. The number of sulfonamides is 1. The van der Waals surface area contributed by atoms with Crippen LogP contribution in [-0.4, -0.2) is 34.5 Å². The number of amides is 1. The third-order valence-corrected chi connectivity index (χ3v) is 5.34. The Bertz CT molecular complexity index is 850. The lowest BCUT2D eigenvalue weighted by atomic mass is 10.2. The van der Waals surface area contributed by atoms with Gasteiger partial charge in [-0.1, -0.05) is 18.2 Å². The first-order chi connectivity index (χ1) is 11.5. The molecule has 1 N–H and O–H groups in total. The second-order valence-corrected chi connectivity index (χ2v) is 7.28. The first-order valence-corrected chi connectivity index (χ1v) is 9.04. The molecule has 6 nitrogen and oxygen atoms in total. The maximum atomic E-state index is 12.4. The van der Waals surface area contributed by atoms with Crippen molar-refractivity contribution in [2.75, 3.05) is 25.1 Å². The third kappa shape index (κ3) is 3.27. The number of nitrogens with one attached hydrogen (secondary N) is 1. The molecule has 24 heavy (non-hydrogen) atoms. The van der Waals surface area contributed by atoms with E-state index in [2.05, 4.69) is 4.72 Å². The molecule has 1 aliphatic rings. The number of nitrogens with zero attached hydrogens (tertiary/aromatic N) is 1. The topological polar surface area (TPSA) is 75.7 Å². The van der Waals surface area contributed by atoms with Crippen LogP contribution in [0.25, 0.3) is 0 Å². The van der Waals surface area contributed by atoms with Crippen LogP contribution in [0.3, 0.4) is 0 Å². The number of hydrogen-bond donors (Lipinski definition) is 1. The van der Waals surface area contributed by atoms with E-state index in [0.29, 0.717) is 18.7 Å². The summed E-state index contributed by atoms with van der Waals surface area (Å²) < 4.78 is 31.5. The van der Waals surface area contributed by atoms with Crippen LogP contribution < -0.4 is 14.4 Å². The van der Waals surface area contributed by atoms with E-state index in [-0.39, 0.29) is 17.4 Å². The Hall–Kier alpha value is -2.38. The highest BCUT2D eigenvalue weighted by Gasteiger charge is 2.26. The molecule has 2 aromatic rings. The number of benzene rings is 2. The third-order valence-electron chi connectivity index (χ3n) is 3.93. The van der Waals surface area contributed by atoms with Crippen molar-refractivity contribution in [3.8, 4) is 5.75 Å². The summed E-state index contributed by atoms with van der Waals surface area (Å²) in [5.41, 5.74) is 1.59. The zero-order valence-corrected chi connectivity index (χ0v) is 14.0. The molecule has 0 bridgehead atoms. The molecule has 0 spiro atoms. The van der Waals surface area contributed by atoms with Crippen molar-refractivity contribution in [3.63, 3.8) is 0 Å². The second kappa shape index (κ2) is 6.62. The monoisotopic (exact) mass is 346 g/mol. The molecular weight excluding hydrogens is 328 g/mol. The van der Waals surface area contributed by atoms with E-state index >= 15 is 0 Å². The Balaban J connectivity index is 1.73. The molecule has 0 saturated carbocycles. The van der Waals surface area contributed by atoms with Crippen LogP contribution in [0, 0.1) is 0 Å². The number of hydrogen-bond acceptors (Lipinski definition) is 4. The Morgan fingerprint density at radius 2 is 1.96 bits per heavy atom. The van der Waals surface area contributed by atoms with Crippen molar-refractivity contribution in [2.24, 2.45) is 0 Å². The Morgan fingerprint density at radius 3 is 2.67 bits per heavy atom. The number of carbonyl (C=O) groups is 1. The van der Waals surface area contributed by atoms with Crippen LogP contribution in [0.2, 0.25) is 0 Å². The molecule has 3 rings (SSSR count). The van der Waals surface area contributed by atoms with E-state index in [0.717, 1.165) is 11.3 Å². The number of para-hydroxylation sites is 1. The lowest BCUT2D eigenvalue weighted by Gasteiger charge is -2.18. The smallest absolute Gasteiger partial charge is 0.264 e. The van der Waals surface area contributed by atoms with E-state index in [4.69, 9.17) is 4.74 Å². The van der Waals surface area contributed by atoms with Gasteiger partial charge in [-0.05, 0) is 49.4 Å². The normalized spacial score (nSPS) is 13.6. The quantitative estimate of drug-likeness (QED) is 0.891. The van der Waals surface area contributed by atoms with Gasteiger partial charge in [-0.3, -0.25) is 4.79 Å². The summed E-state index contributed by atoms with van der Waals surface area (Å²) in [4.78, 5) is 14.2. The number of carbonyl (C=O) groups excluding carboxylic acids is 1. The Morgan fingerprint density at radius 1 is 1.21 bits per heavy atom. The van der Waals surface area contributed by atoms with Gasteiger partial charge in [-0.2, -0.15) is 0 Å². The summed E-state index contributed by atoms with van der Waals surface area (Å²) in [6, 6.07) is 13.9. The largest absolute Gasteiger partial charge is 0.484 e. The van der Waals surface area contributed by atoms with Crippen LogP contribution in [-0.2, 0) is 21.2 Å². The number of ether oxygens (including phenoxy) is 1. The van der Waals surface area contributed by atoms with Crippen molar-refractivity contribution < 1.29 is 17.9 Å².